The fourth-order valence-corrected chi connectivity index (χ4v) is 2.31. The van der Waals surface area contributed by atoms with E-state index in [9.17, 15) is 4.79 Å². The standard InChI is InChI=1S/C17H26O3/c1-12(2)16(17(19)20-10-9-18)11-14(4)15-7-5-13(3)6-8-15/h5-8,12,14,16,18H,9-11H2,1-4H3. The monoisotopic (exact) mass is 278 g/mol. The summed E-state index contributed by atoms with van der Waals surface area (Å²) in [5.74, 6) is 0.213. The van der Waals surface area contributed by atoms with E-state index in [-0.39, 0.29) is 31.0 Å². The first kappa shape index (κ1) is 16.7. The molecule has 1 rings (SSSR count). The molecule has 0 radical (unpaired) electrons. The van der Waals surface area contributed by atoms with E-state index in [4.69, 9.17) is 9.84 Å². The van der Waals surface area contributed by atoms with Gasteiger partial charge in [-0.15, -0.1) is 0 Å². The number of rotatable bonds is 7. The molecule has 20 heavy (non-hydrogen) atoms. The van der Waals surface area contributed by atoms with Gasteiger partial charge in [0.25, 0.3) is 0 Å². The Morgan fingerprint density at radius 2 is 1.80 bits per heavy atom. The highest BCUT2D eigenvalue weighted by molar-refractivity contribution is 5.72. The number of carbonyl (C=O) groups is 1. The van der Waals surface area contributed by atoms with Crippen LogP contribution in [0, 0.1) is 18.8 Å². The summed E-state index contributed by atoms with van der Waals surface area (Å²) in [6.07, 6.45) is 0.769. The third-order valence-corrected chi connectivity index (χ3v) is 3.70. The van der Waals surface area contributed by atoms with Crippen LogP contribution in [0.5, 0.6) is 0 Å². The molecule has 0 heterocycles. The van der Waals surface area contributed by atoms with Gasteiger partial charge in [-0.3, -0.25) is 4.79 Å². The van der Waals surface area contributed by atoms with Gasteiger partial charge in [-0.2, -0.15) is 0 Å². The zero-order chi connectivity index (χ0) is 15.1. The largest absolute Gasteiger partial charge is 0.463 e. The molecule has 3 heteroatoms. The number of carbonyl (C=O) groups excluding carboxylic acids is 1. The van der Waals surface area contributed by atoms with Gasteiger partial charge < -0.3 is 9.84 Å². The highest BCUT2D eigenvalue weighted by Crippen LogP contribution is 2.28. The van der Waals surface area contributed by atoms with Gasteiger partial charge >= 0.3 is 5.97 Å². The number of benzene rings is 1. The van der Waals surface area contributed by atoms with E-state index in [0.717, 1.165) is 6.42 Å². The zero-order valence-electron chi connectivity index (χ0n) is 12.9. The van der Waals surface area contributed by atoms with Gasteiger partial charge in [-0.25, -0.2) is 0 Å². The van der Waals surface area contributed by atoms with Crippen molar-refractivity contribution in [3.8, 4) is 0 Å². The van der Waals surface area contributed by atoms with Crippen LogP contribution in [0.1, 0.15) is 44.2 Å². The number of aliphatic hydroxyl groups is 1. The molecule has 2 atom stereocenters. The lowest BCUT2D eigenvalue weighted by atomic mass is 9.84. The summed E-state index contributed by atoms with van der Waals surface area (Å²) in [4.78, 5) is 12.0. The number of aryl methyl sites for hydroxylation is 1. The first-order chi connectivity index (χ1) is 9.45. The van der Waals surface area contributed by atoms with Gasteiger partial charge in [0, 0.05) is 0 Å². The Morgan fingerprint density at radius 3 is 2.30 bits per heavy atom. The fraction of sp³-hybridized carbons (Fsp3) is 0.588. The van der Waals surface area contributed by atoms with Crippen molar-refractivity contribution in [2.75, 3.05) is 13.2 Å². The molecule has 0 aromatic heterocycles. The Labute approximate surface area is 122 Å². The van der Waals surface area contributed by atoms with Crippen LogP contribution >= 0.6 is 0 Å². The molecule has 0 saturated carbocycles. The average Bonchev–Trinajstić information content (AvgIpc) is 2.42. The maximum Gasteiger partial charge on any atom is 0.309 e. The minimum Gasteiger partial charge on any atom is -0.463 e. The molecule has 0 aliphatic heterocycles. The quantitative estimate of drug-likeness (QED) is 0.778. The van der Waals surface area contributed by atoms with Crippen molar-refractivity contribution >= 4 is 5.97 Å². The first-order valence-electron chi connectivity index (χ1n) is 7.29. The molecule has 2 unspecified atom stereocenters. The summed E-state index contributed by atoms with van der Waals surface area (Å²) in [7, 11) is 0. The third-order valence-electron chi connectivity index (χ3n) is 3.70. The molecule has 112 valence electrons. The first-order valence-corrected chi connectivity index (χ1v) is 7.29. The second kappa shape index (κ2) is 8.05. The molecule has 0 fully saturated rings. The van der Waals surface area contributed by atoms with E-state index in [0.29, 0.717) is 5.92 Å². The number of esters is 1. The molecule has 0 saturated heterocycles. The Kier molecular flexibility index (Phi) is 6.73. The maximum atomic E-state index is 12.0. The molecule has 1 aromatic carbocycles. The lowest BCUT2D eigenvalue weighted by Gasteiger charge is -2.23. The fourth-order valence-electron chi connectivity index (χ4n) is 2.31. The van der Waals surface area contributed by atoms with Gasteiger partial charge in [0.1, 0.15) is 6.61 Å². The SMILES string of the molecule is Cc1ccc(C(C)CC(C(=O)OCCO)C(C)C)cc1. The Hall–Kier alpha value is -1.35. The lowest BCUT2D eigenvalue weighted by molar-refractivity contribution is -0.151. The van der Waals surface area contributed by atoms with E-state index in [2.05, 4.69) is 38.1 Å². The predicted octanol–water partition coefficient (Wildman–Crippen LogP) is 3.30. The normalized spacial score (nSPS) is 14.1. The van der Waals surface area contributed by atoms with Crippen LogP contribution in [0.25, 0.3) is 0 Å². The summed E-state index contributed by atoms with van der Waals surface area (Å²) >= 11 is 0. The Balaban J connectivity index is 2.69. The predicted molar refractivity (Wildman–Crippen MR) is 80.6 cm³/mol. The molecule has 0 aliphatic carbocycles. The molecular formula is C17H26O3. The van der Waals surface area contributed by atoms with E-state index in [1.165, 1.54) is 11.1 Å². The number of hydrogen-bond donors (Lipinski definition) is 1. The summed E-state index contributed by atoms with van der Waals surface area (Å²) in [5.41, 5.74) is 2.49. The van der Waals surface area contributed by atoms with Crippen molar-refractivity contribution in [2.24, 2.45) is 11.8 Å². The lowest BCUT2D eigenvalue weighted by Crippen LogP contribution is -2.25. The summed E-state index contributed by atoms with van der Waals surface area (Å²) in [5, 5.41) is 8.74. The average molecular weight is 278 g/mol. The molecule has 1 N–H and O–H groups in total. The van der Waals surface area contributed by atoms with Crippen molar-refractivity contribution in [1.82, 2.24) is 0 Å². The van der Waals surface area contributed by atoms with Crippen LogP contribution in [-0.4, -0.2) is 24.3 Å². The third kappa shape index (κ3) is 4.97. The van der Waals surface area contributed by atoms with Crippen molar-refractivity contribution in [1.29, 1.82) is 0 Å². The van der Waals surface area contributed by atoms with E-state index in [1.807, 2.05) is 13.8 Å². The Bertz CT molecular complexity index is 409. The summed E-state index contributed by atoms with van der Waals surface area (Å²) in [6.45, 7) is 8.24. The van der Waals surface area contributed by atoms with Crippen LogP contribution in [0.2, 0.25) is 0 Å². The van der Waals surface area contributed by atoms with E-state index >= 15 is 0 Å². The maximum absolute atomic E-state index is 12.0. The Morgan fingerprint density at radius 1 is 1.20 bits per heavy atom. The zero-order valence-corrected chi connectivity index (χ0v) is 12.9. The van der Waals surface area contributed by atoms with Crippen LogP contribution in [0.3, 0.4) is 0 Å². The molecule has 3 nitrogen and oxygen atoms in total. The van der Waals surface area contributed by atoms with Crippen LogP contribution < -0.4 is 0 Å². The molecule has 0 amide bonds. The number of hydrogen-bond acceptors (Lipinski definition) is 3. The molecular weight excluding hydrogens is 252 g/mol. The molecule has 0 spiro atoms. The highest BCUT2D eigenvalue weighted by Gasteiger charge is 2.26. The van der Waals surface area contributed by atoms with E-state index < -0.39 is 0 Å². The second-order valence-electron chi connectivity index (χ2n) is 5.79. The van der Waals surface area contributed by atoms with Crippen molar-refractivity contribution in [2.45, 2.75) is 40.0 Å². The van der Waals surface area contributed by atoms with Gasteiger partial charge in [-0.1, -0.05) is 50.6 Å². The molecule has 1 aromatic rings. The van der Waals surface area contributed by atoms with Gasteiger partial charge in [0.15, 0.2) is 0 Å². The van der Waals surface area contributed by atoms with Gasteiger partial charge in [0.05, 0.1) is 12.5 Å². The van der Waals surface area contributed by atoms with Crippen LogP contribution in [0.15, 0.2) is 24.3 Å². The topological polar surface area (TPSA) is 46.5 Å². The van der Waals surface area contributed by atoms with Crippen LogP contribution in [0.4, 0.5) is 0 Å². The molecule has 0 aliphatic rings. The second-order valence-corrected chi connectivity index (χ2v) is 5.79. The minimum absolute atomic E-state index is 0.0843. The summed E-state index contributed by atoms with van der Waals surface area (Å²) < 4.78 is 5.08. The highest BCUT2D eigenvalue weighted by atomic mass is 16.5. The van der Waals surface area contributed by atoms with Crippen molar-refractivity contribution in [3.05, 3.63) is 35.4 Å². The minimum atomic E-state index is -0.201. The summed E-state index contributed by atoms with van der Waals surface area (Å²) in [6, 6.07) is 8.44. The van der Waals surface area contributed by atoms with Crippen LogP contribution in [-0.2, 0) is 9.53 Å². The van der Waals surface area contributed by atoms with Gasteiger partial charge in [0.2, 0.25) is 0 Å². The van der Waals surface area contributed by atoms with Crippen molar-refractivity contribution in [3.63, 3.8) is 0 Å². The van der Waals surface area contributed by atoms with E-state index in [1.54, 1.807) is 0 Å². The number of ether oxygens (including phenoxy) is 1. The smallest absolute Gasteiger partial charge is 0.309 e. The molecule has 0 bridgehead atoms. The van der Waals surface area contributed by atoms with Crippen molar-refractivity contribution < 1.29 is 14.6 Å². The van der Waals surface area contributed by atoms with Gasteiger partial charge in [-0.05, 0) is 30.7 Å². The number of aliphatic hydroxyl groups excluding tert-OH is 1.